The standard InChI is InChI=1S/C25H32N4O5/c1-24(2,3)33-22(31)27-21(28-23(32)34-25(4,5)6)26-19-14-12-18(13-15-19)16-29(17-30)20-10-8-7-9-11-20/h7-15,17H,16H2,1-6H3,(H2,26,27,28,31,32). The molecule has 182 valence electrons. The number of nitrogens with one attached hydrogen (secondary N) is 2. The topological polar surface area (TPSA) is 109 Å². The van der Waals surface area contributed by atoms with Crippen molar-refractivity contribution in [2.45, 2.75) is 59.3 Å². The highest BCUT2D eigenvalue weighted by molar-refractivity contribution is 6.02. The summed E-state index contributed by atoms with van der Waals surface area (Å²) in [5.41, 5.74) is 0.655. The Morgan fingerprint density at radius 2 is 1.35 bits per heavy atom. The molecule has 0 atom stereocenters. The molecule has 2 aromatic rings. The molecule has 9 nitrogen and oxygen atoms in total. The van der Waals surface area contributed by atoms with Crippen LogP contribution < -0.4 is 15.5 Å². The highest BCUT2D eigenvalue weighted by Crippen LogP contribution is 2.18. The van der Waals surface area contributed by atoms with Gasteiger partial charge in [-0.05, 0) is 71.4 Å². The number of carbonyl (C=O) groups excluding carboxylic acids is 3. The Morgan fingerprint density at radius 3 is 1.79 bits per heavy atom. The summed E-state index contributed by atoms with van der Waals surface area (Å²) in [5.74, 6) is -0.143. The number of anilines is 1. The first kappa shape index (κ1) is 26.4. The van der Waals surface area contributed by atoms with Crippen molar-refractivity contribution < 1.29 is 23.9 Å². The van der Waals surface area contributed by atoms with Crippen LogP contribution in [-0.4, -0.2) is 35.8 Å². The zero-order valence-electron chi connectivity index (χ0n) is 20.4. The van der Waals surface area contributed by atoms with Gasteiger partial charge in [-0.1, -0.05) is 30.3 Å². The number of aliphatic imine (C=N–C) groups is 1. The molecule has 0 saturated heterocycles. The Balaban J connectivity index is 2.19. The van der Waals surface area contributed by atoms with Crippen LogP contribution in [0.5, 0.6) is 0 Å². The number of para-hydroxylation sites is 1. The lowest BCUT2D eigenvalue weighted by Gasteiger charge is -2.22. The number of guanidine groups is 1. The lowest BCUT2D eigenvalue weighted by Crippen LogP contribution is -2.47. The SMILES string of the molecule is CC(C)(C)OC(=O)NC(=Nc1ccc(CN(C=O)c2ccccc2)cc1)NC(=O)OC(C)(C)C. The zero-order chi connectivity index (χ0) is 25.4. The molecule has 2 N–H and O–H groups in total. The van der Waals surface area contributed by atoms with E-state index in [4.69, 9.17) is 9.47 Å². The van der Waals surface area contributed by atoms with Crippen molar-refractivity contribution in [2.24, 2.45) is 4.99 Å². The van der Waals surface area contributed by atoms with Gasteiger partial charge in [0.1, 0.15) is 11.2 Å². The monoisotopic (exact) mass is 468 g/mol. The molecular formula is C25H32N4O5. The fraction of sp³-hybridized carbons (Fsp3) is 0.360. The number of rotatable bonds is 5. The Labute approximate surface area is 200 Å². The van der Waals surface area contributed by atoms with Crippen LogP contribution in [0.25, 0.3) is 0 Å². The summed E-state index contributed by atoms with van der Waals surface area (Å²) >= 11 is 0. The van der Waals surface area contributed by atoms with Gasteiger partial charge >= 0.3 is 12.2 Å². The van der Waals surface area contributed by atoms with Crippen molar-refractivity contribution >= 4 is 35.9 Å². The predicted octanol–water partition coefficient (Wildman–Crippen LogP) is 4.89. The van der Waals surface area contributed by atoms with Crippen LogP contribution in [0.3, 0.4) is 0 Å². The zero-order valence-corrected chi connectivity index (χ0v) is 20.4. The fourth-order valence-corrected chi connectivity index (χ4v) is 2.70. The van der Waals surface area contributed by atoms with E-state index in [-0.39, 0.29) is 5.96 Å². The Kier molecular flexibility index (Phi) is 8.77. The Bertz CT molecular complexity index is 974. The minimum atomic E-state index is -0.775. The molecule has 0 fully saturated rings. The number of carbonyl (C=O) groups is 3. The second-order valence-corrected chi connectivity index (χ2v) is 9.45. The second-order valence-electron chi connectivity index (χ2n) is 9.45. The number of nitrogens with zero attached hydrogens (tertiary/aromatic N) is 2. The number of hydrogen-bond donors (Lipinski definition) is 2. The third-order valence-corrected chi connectivity index (χ3v) is 3.98. The summed E-state index contributed by atoms with van der Waals surface area (Å²) in [6, 6.07) is 16.3. The Morgan fingerprint density at radius 1 is 0.853 bits per heavy atom. The molecule has 0 bridgehead atoms. The molecule has 0 unspecified atom stereocenters. The van der Waals surface area contributed by atoms with Crippen molar-refractivity contribution in [3.05, 3.63) is 60.2 Å². The molecule has 2 rings (SSSR count). The van der Waals surface area contributed by atoms with Crippen LogP contribution in [0.2, 0.25) is 0 Å². The maximum atomic E-state index is 12.2. The van der Waals surface area contributed by atoms with Crippen LogP contribution in [0.1, 0.15) is 47.1 Å². The molecule has 0 radical (unpaired) electrons. The second kappa shape index (κ2) is 11.3. The molecule has 2 aromatic carbocycles. The van der Waals surface area contributed by atoms with Gasteiger partial charge in [-0.3, -0.25) is 15.4 Å². The normalized spacial score (nSPS) is 11.1. The van der Waals surface area contributed by atoms with Gasteiger partial charge in [-0.25, -0.2) is 14.6 Å². The number of hydrogen-bond acceptors (Lipinski definition) is 6. The number of ether oxygens (including phenoxy) is 2. The molecule has 0 spiro atoms. The Hall–Kier alpha value is -3.88. The summed E-state index contributed by atoms with van der Waals surface area (Å²) in [5, 5.41) is 4.88. The van der Waals surface area contributed by atoms with Gasteiger partial charge in [-0.2, -0.15) is 0 Å². The largest absolute Gasteiger partial charge is 0.444 e. The third kappa shape index (κ3) is 9.72. The summed E-state index contributed by atoms with van der Waals surface area (Å²) < 4.78 is 10.5. The van der Waals surface area contributed by atoms with E-state index in [0.717, 1.165) is 17.7 Å². The van der Waals surface area contributed by atoms with E-state index in [9.17, 15) is 14.4 Å². The predicted molar refractivity (Wildman–Crippen MR) is 131 cm³/mol. The molecule has 0 aromatic heterocycles. The van der Waals surface area contributed by atoms with Gasteiger partial charge in [0, 0.05) is 5.69 Å². The summed E-state index contributed by atoms with van der Waals surface area (Å²) in [7, 11) is 0. The van der Waals surface area contributed by atoms with Crippen LogP contribution in [0, 0.1) is 0 Å². The lowest BCUT2D eigenvalue weighted by atomic mass is 10.2. The van der Waals surface area contributed by atoms with Crippen molar-refractivity contribution in [1.29, 1.82) is 0 Å². The number of amides is 3. The van der Waals surface area contributed by atoms with Crippen molar-refractivity contribution in [3.8, 4) is 0 Å². The molecular weight excluding hydrogens is 436 g/mol. The number of alkyl carbamates (subject to hydrolysis) is 2. The van der Waals surface area contributed by atoms with Crippen molar-refractivity contribution in [2.75, 3.05) is 4.90 Å². The third-order valence-electron chi connectivity index (χ3n) is 3.98. The van der Waals surface area contributed by atoms with E-state index >= 15 is 0 Å². The summed E-state index contributed by atoms with van der Waals surface area (Å²) in [6.07, 6.45) is -0.776. The summed E-state index contributed by atoms with van der Waals surface area (Å²) in [6.45, 7) is 10.7. The fourth-order valence-electron chi connectivity index (χ4n) is 2.70. The average Bonchev–Trinajstić information content (AvgIpc) is 2.71. The van der Waals surface area contributed by atoms with Crippen LogP contribution >= 0.6 is 0 Å². The maximum Gasteiger partial charge on any atom is 0.414 e. The van der Waals surface area contributed by atoms with Gasteiger partial charge in [-0.15, -0.1) is 0 Å². The smallest absolute Gasteiger partial charge is 0.414 e. The molecule has 0 heterocycles. The van der Waals surface area contributed by atoms with E-state index in [2.05, 4.69) is 15.6 Å². The molecule has 34 heavy (non-hydrogen) atoms. The molecule has 0 aliphatic rings. The van der Waals surface area contributed by atoms with E-state index in [1.54, 1.807) is 70.7 Å². The van der Waals surface area contributed by atoms with E-state index in [1.165, 1.54) is 0 Å². The molecule has 0 saturated carbocycles. The molecule has 3 amide bonds. The quantitative estimate of drug-likeness (QED) is 0.369. The van der Waals surface area contributed by atoms with Crippen molar-refractivity contribution in [1.82, 2.24) is 10.6 Å². The minimum absolute atomic E-state index is 0.143. The highest BCUT2D eigenvalue weighted by Gasteiger charge is 2.21. The molecule has 9 heteroatoms. The van der Waals surface area contributed by atoms with Crippen LogP contribution in [0.4, 0.5) is 21.0 Å². The van der Waals surface area contributed by atoms with Gasteiger partial charge in [0.2, 0.25) is 12.4 Å². The van der Waals surface area contributed by atoms with Crippen LogP contribution in [-0.2, 0) is 20.8 Å². The minimum Gasteiger partial charge on any atom is -0.444 e. The van der Waals surface area contributed by atoms with Gasteiger partial charge in [0.05, 0.1) is 12.2 Å². The summed E-state index contributed by atoms with van der Waals surface area (Å²) in [4.78, 5) is 41.9. The number of benzene rings is 2. The van der Waals surface area contributed by atoms with Crippen LogP contribution in [0.15, 0.2) is 59.6 Å². The van der Waals surface area contributed by atoms with Gasteiger partial charge in [0.15, 0.2) is 0 Å². The van der Waals surface area contributed by atoms with Crippen molar-refractivity contribution in [3.63, 3.8) is 0 Å². The molecule has 0 aliphatic carbocycles. The molecule has 0 aliphatic heterocycles. The first-order valence-corrected chi connectivity index (χ1v) is 10.8. The maximum absolute atomic E-state index is 12.2. The highest BCUT2D eigenvalue weighted by atomic mass is 16.6. The van der Waals surface area contributed by atoms with E-state index < -0.39 is 23.4 Å². The van der Waals surface area contributed by atoms with E-state index in [0.29, 0.717) is 12.2 Å². The first-order valence-electron chi connectivity index (χ1n) is 10.8. The van der Waals surface area contributed by atoms with Gasteiger partial charge < -0.3 is 14.4 Å². The van der Waals surface area contributed by atoms with Gasteiger partial charge in [0.25, 0.3) is 0 Å². The average molecular weight is 469 g/mol. The first-order chi connectivity index (χ1) is 15.8. The van der Waals surface area contributed by atoms with E-state index in [1.807, 2.05) is 30.3 Å². The lowest BCUT2D eigenvalue weighted by molar-refractivity contribution is -0.107.